The first-order valence-electron chi connectivity index (χ1n) is 5.56. The zero-order chi connectivity index (χ0) is 13.5. The van der Waals surface area contributed by atoms with Gasteiger partial charge in [-0.25, -0.2) is 5.43 Å². The monoisotopic (exact) mass is 318 g/mol. The van der Waals surface area contributed by atoms with Crippen molar-refractivity contribution in [2.45, 2.75) is 0 Å². The lowest BCUT2D eigenvalue weighted by molar-refractivity contribution is 0.0926. The summed E-state index contributed by atoms with van der Waals surface area (Å²) in [4.78, 5) is 11.5. The third-order valence-corrected chi connectivity index (χ3v) is 2.64. The molecule has 0 bridgehead atoms. The highest BCUT2D eigenvalue weighted by Crippen LogP contribution is 2.13. The molecule has 0 spiro atoms. The van der Waals surface area contributed by atoms with Crippen molar-refractivity contribution in [3.05, 3.63) is 64.5 Å². The second kappa shape index (κ2) is 6.70. The van der Waals surface area contributed by atoms with Crippen LogP contribution in [0.1, 0.15) is 16.1 Å². The average molecular weight is 319 g/mol. The Kier molecular flexibility index (Phi) is 4.69. The van der Waals surface area contributed by atoms with Crippen LogP contribution in [0.2, 0.25) is 0 Å². The number of carbonyl (C=O) groups is 1. The van der Waals surface area contributed by atoms with Crippen LogP contribution in [0.3, 0.4) is 0 Å². The number of halogens is 1. The number of nitrogens with one attached hydrogen (secondary N) is 1. The number of benzene rings is 1. The van der Waals surface area contributed by atoms with Crippen molar-refractivity contribution in [3.8, 4) is 0 Å². The van der Waals surface area contributed by atoms with Crippen LogP contribution < -0.4 is 5.43 Å². The van der Waals surface area contributed by atoms with Crippen LogP contribution in [0.5, 0.6) is 0 Å². The Bertz CT molecular complexity index is 603. The molecule has 0 aliphatic carbocycles. The van der Waals surface area contributed by atoms with Crippen molar-refractivity contribution in [1.82, 2.24) is 5.43 Å². The van der Waals surface area contributed by atoms with Crippen LogP contribution >= 0.6 is 15.9 Å². The lowest BCUT2D eigenvalue weighted by atomic mass is 10.2. The molecular formula is C14H11BrN2O2. The number of amides is 1. The standard InChI is InChI=1S/C14H11BrN2O2/c15-13-9-8-12(19-13)14(18)17-16-10-4-7-11-5-2-1-3-6-11/h1-10H,(H,17,18). The van der Waals surface area contributed by atoms with E-state index in [4.69, 9.17) is 4.42 Å². The van der Waals surface area contributed by atoms with E-state index in [1.165, 1.54) is 6.21 Å². The SMILES string of the molecule is O=C(NN=CC=Cc1ccccc1)c1ccc(Br)o1. The first-order valence-corrected chi connectivity index (χ1v) is 6.35. The Morgan fingerprint density at radius 2 is 2.00 bits per heavy atom. The normalized spacial score (nSPS) is 11.2. The van der Waals surface area contributed by atoms with Crippen LogP contribution in [0, 0.1) is 0 Å². The van der Waals surface area contributed by atoms with Gasteiger partial charge in [0, 0.05) is 6.21 Å². The van der Waals surface area contributed by atoms with Gasteiger partial charge in [-0.05, 0) is 39.7 Å². The molecule has 4 nitrogen and oxygen atoms in total. The number of carbonyl (C=O) groups excluding carboxylic acids is 1. The number of furan rings is 1. The first kappa shape index (κ1) is 13.3. The molecule has 1 aromatic heterocycles. The summed E-state index contributed by atoms with van der Waals surface area (Å²) in [6.45, 7) is 0. The summed E-state index contributed by atoms with van der Waals surface area (Å²) in [5.41, 5.74) is 3.43. The summed E-state index contributed by atoms with van der Waals surface area (Å²) in [5.74, 6) is -0.189. The minimum Gasteiger partial charge on any atom is -0.444 e. The second-order valence-corrected chi connectivity index (χ2v) is 4.37. The van der Waals surface area contributed by atoms with Gasteiger partial charge in [-0.3, -0.25) is 4.79 Å². The molecule has 19 heavy (non-hydrogen) atoms. The van der Waals surface area contributed by atoms with E-state index in [2.05, 4.69) is 26.5 Å². The van der Waals surface area contributed by atoms with Crippen LogP contribution in [0.15, 0.2) is 62.7 Å². The molecule has 1 amide bonds. The molecule has 0 atom stereocenters. The van der Waals surface area contributed by atoms with Gasteiger partial charge in [-0.2, -0.15) is 5.10 Å². The van der Waals surface area contributed by atoms with E-state index in [1.807, 2.05) is 36.4 Å². The summed E-state index contributed by atoms with van der Waals surface area (Å²) in [6, 6.07) is 13.0. The number of hydrogen-bond donors (Lipinski definition) is 1. The molecular weight excluding hydrogens is 308 g/mol. The fraction of sp³-hybridized carbons (Fsp3) is 0. The Hall–Kier alpha value is -2.14. The molecule has 1 aromatic carbocycles. The van der Waals surface area contributed by atoms with Crippen molar-refractivity contribution >= 4 is 34.1 Å². The Labute approximate surface area is 118 Å². The fourth-order valence-corrected chi connectivity index (χ4v) is 1.66. The van der Waals surface area contributed by atoms with Gasteiger partial charge < -0.3 is 4.42 Å². The Morgan fingerprint density at radius 3 is 2.68 bits per heavy atom. The number of rotatable bonds is 4. The highest BCUT2D eigenvalue weighted by Gasteiger charge is 2.08. The molecule has 0 saturated heterocycles. The van der Waals surface area contributed by atoms with Crippen LogP contribution in [-0.2, 0) is 0 Å². The largest absolute Gasteiger partial charge is 0.444 e. The minimum absolute atomic E-state index is 0.205. The molecule has 2 aromatic rings. The lowest BCUT2D eigenvalue weighted by Crippen LogP contribution is -2.16. The molecule has 0 fully saturated rings. The molecule has 0 aliphatic rings. The van der Waals surface area contributed by atoms with Crippen molar-refractivity contribution in [2.24, 2.45) is 5.10 Å². The number of nitrogens with zero attached hydrogens (tertiary/aromatic N) is 1. The summed E-state index contributed by atoms with van der Waals surface area (Å²) in [5, 5.41) is 3.79. The molecule has 0 aliphatic heterocycles. The average Bonchev–Trinajstić information content (AvgIpc) is 2.86. The van der Waals surface area contributed by atoms with Gasteiger partial charge in [-0.15, -0.1) is 0 Å². The molecule has 0 radical (unpaired) electrons. The molecule has 1 N–H and O–H groups in total. The van der Waals surface area contributed by atoms with Crippen molar-refractivity contribution in [3.63, 3.8) is 0 Å². The summed E-state index contributed by atoms with van der Waals surface area (Å²) in [6.07, 6.45) is 5.13. The topological polar surface area (TPSA) is 54.6 Å². The predicted octanol–water partition coefficient (Wildman–Crippen LogP) is 3.47. The summed E-state index contributed by atoms with van der Waals surface area (Å²) in [7, 11) is 0. The van der Waals surface area contributed by atoms with Crippen LogP contribution in [0.25, 0.3) is 6.08 Å². The lowest BCUT2D eigenvalue weighted by Gasteiger charge is -1.93. The van der Waals surface area contributed by atoms with Gasteiger partial charge in [-0.1, -0.05) is 36.4 Å². The van der Waals surface area contributed by atoms with Crippen molar-refractivity contribution < 1.29 is 9.21 Å². The number of allylic oxidation sites excluding steroid dienone is 1. The van der Waals surface area contributed by atoms with Crippen molar-refractivity contribution in [2.75, 3.05) is 0 Å². The Morgan fingerprint density at radius 1 is 1.21 bits per heavy atom. The van der Waals surface area contributed by atoms with Gasteiger partial charge in [0.25, 0.3) is 0 Å². The molecule has 2 rings (SSSR count). The summed E-state index contributed by atoms with van der Waals surface area (Å²) < 4.78 is 5.59. The van der Waals surface area contributed by atoms with E-state index >= 15 is 0 Å². The van der Waals surface area contributed by atoms with Gasteiger partial charge in [0.05, 0.1) is 0 Å². The van der Waals surface area contributed by atoms with Gasteiger partial charge >= 0.3 is 5.91 Å². The van der Waals surface area contributed by atoms with Crippen LogP contribution in [0.4, 0.5) is 0 Å². The van der Waals surface area contributed by atoms with Crippen LogP contribution in [-0.4, -0.2) is 12.1 Å². The number of hydrogen-bond acceptors (Lipinski definition) is 3. The molecule has 96 valence electrons. The third-order valence-electron chi connectivity index (χ3n) is 2.21. The quantitative estimate of drug-likeness (QED) is 0.693. The zero-order valence-electron chi connectivity index (χ0n) is 9.92. The fourth-order valence-electron chi connectivity index (χ4n) is 1.35. The molecule has 5 heteroatoms. The maximum absolute atomic E-state index is 11.5. The summed E-state index contributed by atoms with van der Waals surface area (Å²) >= 11 is 3.12. The van der Waals surface area contributed by atoms with E-state index in [-0.39, 0.29) is 5.76 Å². The van der Waals surface area contributed by atoms with Gasteiger partial charge in [0.1, 0.15) is 0 Å². The Balaban J connectivity index is 1.84. The maximum Gasteiger partial charge on any atom is 0.307 e. The van der Waals surface area contributed by atoms with E-state index < -0.39 is 5.91 Å². The maximum atomic E-state index is 11.5. The van der Waals surface area contributed by atoms with E-state index in [9.17, 15) is 4.79 Å². The van der Waals surface area contributed by atoms with Gasteiger partial charge in [0.2, 0.25) is 0 Å². The molecule has 1 heterocycles. The predicted molar refractivity (Wildman–Crippen MR) is 77.8 cm³/mol. The minimum atomic E-state index is -0.393. The van der Waals surface area contributed by atoms with E-state index in [0.29, 0.717) is 4.67 Å². The first-order chi connectivity index (χ1) is 9.25. The number of hydrazone groups is 1. The van der Waals surface area contributed by atoms with Gasteiger partial charge in [0.15, 0.2) is 10.4 Å². The molecule has 0 saturated carbocycles. The highest BCUT2D eigenvalue weighted by molar-refractivity contribution is 9.10. The zero-order valence-corrected chi connectivity index (χ0v) is 11.5. The highest BCUT2D eigenvalue weighted by atomic mass is 79.9. The molecule has 0 unspecified atom stereocenters. The van der Waals surface area contributed by atoms with E-state index in [0.717, 1.165) is 5.56 Å². The smallest absolute Gasteiger partial charge is 0.307 e. The van der Waals surface area contributed by atoms with E-state index in [1.54, 1.807) is 18.2 Å². The third kappa shape index (κ3) is 4.22. The second-order valence-electron chi connectivity index (χ2n) is 3.59. The van der Waals surface area contributed by atoms with Crippen molar-refractivity contribution in [1.29, 1.82) is 0 Å².